The second kappa shape index (κ2) is 7.50. The predicted molar refractivity (Wildman–Crippen MR) is 88.0 cm³/mol. The lowest BCUT2D eigenvalue weighted by Gasteiger charge is -2.12. The summed E-state index contributed by atoms with van der Waals surface area (Å²) >= 11 is 0. The number of nitrogens with one attached hydrogen (secondary N) is 2. The molecule has 0 spiro atoms. The van der Waals surface area contributed by atoms with E-state index in [2.05, 4.69) is 10.6 Å². The van der Waals surface area contributed by atoms with Crippen molar-refractivity contribution < 1.29 is 9.53 Å². The molecule has 22 heavy (non-hydrogen) atoms. The van der Waals surface area contributed by atoms with Crippen LogP contribution in [-0.2, 0) is 6.54 Å². The van der Waals surface area contributed by atoms with E-state index in [1.165, 1.54) is 5.56 Å². The fourth-order valence-electron chi connectivity index (χ4n) is 2.11. The average molecular weight is 298 g/mol. The zero-order valence-electron chi connectivity index (χ0n) is 13.3. The van der Waals surface area contributed by atoms with Gasteiger partial charge in [0.2, 0.25) is 0 Å². The Labute approximate surface area is 131 Å². The highest BCUT2D eigenvalue weighted by Crippen LogP contribution is 2.19. The Bertz CT molecular complexity index is 653. The summed E-state index contributed by atoms with van der Waals surface area (Å²) in [5, 5.41) is 5.52. The molecular weight excluding hydrogens is 276 g/mol. The molecule has 4 nitrogen and oxygen atoms in total. The number of carbonyl (C=O) groups excluding carboxylic acids is 1. The Morgan fingerprint density at radius 2 is 1.68 bits per heavy atom. The molecule has 0 aliphatic heterocycles. The van der Waals surface area contributed by atoms with E-state index in [1.54, 1.807) is 0 Å². The third kappa shape index (κ3) is 4.25. The van der Waals surface area contributed by atoms with E-state index in [0.29, 0.717) is 6.54 Å². The normalized spacial score (nSPS) is 10.1. The molecule has 2 aromatic rings. The van der Waals surface area contributed by atoms with Gasteiger partial charge in [-0.3, -0.25) is 0 Å². The highest BCUT2D eigenvalue weighted by atomic mass is 16.5. The minimum Gasteiger partial charge on any atom is -0.473 e. The zero-order chi connectivity index (χ0) is 15.9. The van der Waals surface area contributed by atoms with Crippen molar-refractivity contribution in [3.63, 3.8) is 0 Å². The molecule has 116 valence electrons. The molecule has 0 heterocycles. The summed E-state index contributed by atoms with van der Waals surface area (Å²) in [6.07, 6.45) is 0. The number of benzene rings is 2. The van der Waals surface area contributed by atoms with Crippen LogP contribution in [0.4, 0.5) is 4.79 Å². The summed E-state index contributed by atoms with van der Waals surface area (Å²) in [5.41, 5.74) is 4.52. The summed E-state index contributed by atoms with van der Waals surface area (Å²) in [6, 6.07) is 13.6. The number of ether oxygens (including phenoxy) is 1. The minimum atomic E-state index is -0.242. The van der Waals surface area contributed by atoms with Crippen LogP contribution in [-0.4, -0.2) is 12.8 Å². The molecule has 0 aromatic heterocycles. The van der Waals surface area contributed by atoms with E-state index in [1.807, 2.05) is 63.2 Å². The number of amides is 2. The van der Waals surface area contributed by atoms with Crippen molar-refractivity contribution in [2.24, 2.45) is 0 Å². The molecule has 0 atom stereocenters. The van der Waals surface area contributed by atoms with Gasteiger partial charge in [0.05, 0.1) is 0 Å². The van der Waals surface area contributed by atoms with Crippen LogP contribution in [0.25, 0.3) is 0 Å². The van der Waals surface area contributed by atoms with Crippen LogP contribution in [0, 0.1) is 20.8 Å². The molecule has 2 amide bonds. The first-order chi connectivity index (χ1) is 10.6. The largest absolute Gasteiger partial charge is 0.473 e. The van der Waals surface area contributed by atoms with E-state index in [9.17, 15) is 4.79 Å². The van der Waals surface area contributed by atoms with Gasteiger partial charge in [-0.05, 0) is 49.1 Å². The first-order valence-electron chi connectivity index (χ1n) is 7.33. The van der Waals surface area contributed by atoms with Crippen LogP contribution < -0.4 is 15.4 Å². The minimum absolute atomic E-state index is 0.143. The smallest absolute Gasteiger partial charge is 0.317 e. The number of rotatable bonds is 5. The zero-order valence-corrected chi connectivity index (χ0v) is 13.3. The molecule has 0 unspecified atom stereocenters. The lowest BCUT2D eigenvalue weighted by Crippen LogP contribution is -2.37. The molecule has 2 rings (SSSR count). The van der Waals surface area contributed by atoms with E-state index in [-0.39, 0.29) is 12.8 Å². The van der Waals surface area contributed by atoms with E-state index >= 15 is 0 Å². The maximum Gasteiger partial charge on any atom is 0.317 e. The van der Waals surface area contributed by atoms with Gasteiger partial charge in [-0.15, -0.1) is 0 Å². The topological polar surface area (TPSA) is 50.4 Å². The SMILES string of the molecule is Cc1ccccc1CNC(=O)NCOc1cccc(C)c1C. The number of hydrogen-bond acceptors (Lipinski definition) is 2. The monoisotopic (exact) mass is 298 g/mol. The van der Waals surface area contributed by atoms with Crippen molar-refractivity contribution in [3.8, 4) is 5.75 Å². The molecule has 0 aliphatic rings. The van der Waals surface area contributed by atoms with Crippen molar-refractivity contribution in [1.29, 1.82) is 0 Å². The second-order valence-electron chi connectivity index (χ2n) is 5.27. The molecule has 4 heteroatoms. The van der Waals surface area contributed by atoms with Gasteiger partial charge in [0, 0.05) is 6.54 Å². The summed E-state index contributed by atoms with van der Waals surface area (Å²) in [5.74, 6) is 0.791. The van der Waals surface area contributed by atoms with E-state index in [4.69, 9.17) is 4.74 Å². The average Bonchev–Trinajstić information content (AvgIpc) is 2.51. The van der Waals surface area contributed by atoms with Crippen molar-refractivity contribution in [2.75, 3.05) is 6.73 Å². The number of carbonyl (C=O) groups is 1. The molecule has 0 aliphatic carbocycles. The van der Waals surface area contributed by atoms with Gasteiger partial charge in [-0.1, -0.05) is 36.4 Å². The number of hydrogen-bond donors (Lipinski definition) is 2. The molecule has 0 fully saturated rings. The third-order valence-electron chi connectivity index (χ3n) is 3.72. The van der Waals surface area contributed by atoms with Gasteiger partial charge in [0.1, 0.15) is 5.75 Å². The van der Waals surface area contributed by atoms with Crippen molar-refractivity contribution in [3.05, 3.63) is 64.7 Å². The van der Waals surface area contributed by atoms with Crippen molar-refractivity contribution in [1.82, 2.24) is 10.6 Å². The maximum absolute atomic E-state index is 11.8. The van der Waals surface area contributed by atoms with Crippen LogP contribution in [0.5, 0.6) is 5.75 Å². The molecule has 2 N–H and O–H groups in total. The molecule has 0 saturated heterocycles. The van der Waals surface area contributed by atoms with Crippen LogP contribution in [0.1, 0.15) is 22.3 Å². The van der Waals surface area contributed by atoms with Crippen LogP contribution >= 0.6 is 0 Å². The first kappa shape index (κ1) is 15.9. The first-order valence-corrected chi connectivity index (χ1v) is 7.33. The Balaban J connectivity index is 1.76. The second-order valence-corrected chi connectivity index (χ2v) is 5.27. The van der Waals surface area contributed by atoms with Gasteiger partial charge >= 0.3 is 6.03 Å². The quantitative estimate of drug-likeness (QED) is 0.831. The summed E-state index contributed by atoms with van der Waals surface area (Å²) in [4.78, 5) is 11.8. The van der Waals surface area contributed by atoms with Gasteiger partial charge in [0.25, 0.3) is 0 Å². The summed E-state index contributed by atoms with van der Waals surface area (Å²) in [7, 11) is 0. The Morgan fingerprint density at radius 3 is 2.45 bits per heavy atom. The van der Waals surface area contributed by atoms with E-state index in [0.717, 1.165) is 22.4 Å². The lowest BCUT2D eigenvalue weighted by atomic mass is 10.1. The van der Waals surface area contributed by atoms with Gasteiger partial charge in [-0.25, -0.2) is 4.79 Å². The highest BCUT2D eigenvalue weighted by molar-refractivity contribution is 5.73. The Hall–Kier alpha value is -2.49. The van der Waals surface area contributed by atoms with Crippen molar-refractivity contribution >= 4 is 6.03 Å². The fraction of sp³-hybridized carbons (Fsp3) is 0.278. The van der Waals surface area contributed by atoms with Gasteiger partial charge in [-0.2, -0.15) is 0 Å². The van der Waals surface area contributed by atoms with Crippen LogP contribution in [0.15, 0.2) is 42.5 Å². The molecule has 0 radical (unpaired) electrons. The summed E-state index contributed by atoms with van der Waals surface area (Å²) < 4.78 is 5.59. The fourth-order valence-corrected chi connectivity index (χ4v) is 2.11. The maximum atomic E-state index is 11.8. The Kier molecular flexibility index (Phi) is 5.42. The van der Waals surface area contributed by atoms with E-state index < -0.39 is 0 Å². The molecule has 0 bridgehead atoms. The van der Waals surface area contributed by atoms with Crippen LogP contribution in [0.3, 0.4) is 0 Å². The molecule has 2 aromatic carbocycles. The number of urea groups is 1. The third-order valence-corrected chi connectivity index (χ3v) is 3.72. The lowest BCUT2D eigenvalue weighted by molar-refractivity contribution is 0.223. The predicted octanol–water partition coefficient (Wildman–Crippen LogP) is 3.45. The van der Waals surface area contributed by atoms with Gasteiger partial charge in [0.15, 0.2) is 6.73 Å². The highest BCUT2D eigenvalue weighted by Gasteiger charge is 2.04. The Morgan fingerprint density at radius 1 is 0.955 bits per heavy atom. The van der Waals surface area contributed by atoms with Crippen molar-refractivity contribution in [2.45, 2.75) is 27.3 Å². The number of aryl methyl sites for hydroxylation is 2. The summed E-state index contributed by atoms with van der Waals surface area (Å²) in [6.45, 7) is 6.71. The molecule has 0 saturated carbocycles. The standard InChI is InChI=1S/C18H22N2O2/c1-13-8-6-10-17(15(13)3)22-12-20-18(21)19-11-16-9-5-4-7-14(16)2/h4-10H,11-12H2,1-3H3,(H2,19,20,21). The van der Waals surface area contributed by atoms with Gasteiger partial charge < -0.3 is 15.4 Å². The van der Waals surface area contributed by atoms with Crippen LogP contribution in [0.2, 0.25) is 0 Å². The molecular formula is C18H22N2O2.